The summed E-state index contributed by atoms with van der Waals surface area (Å²) in [6.07, 6.45) is 5.79. The van der Waals surface area contributed by atoms with Crippen LogP contribution in [0, 0.1) is 0 Å². The second-order valence-corrected chi connectivity index (χ2v) is 6.26. The van der Waals surface area contributed by atoms with E-state index in [0.717, 1.165) is 12.8 Å². The number of fused-ring (bicyclic) bond motifs is 2. The molecule has 3 unspecified atom stereocenters. The molecule has 0 aromatic heterocycles. The highest BCUT2D eigenvalue weighted by Gasteiger charge is 2.41. The summed E-state index contributed by atoms with van der Waals surface area (Å²) in [5, 5.41) is 3.03. The zero-order valence-corrected chi connectivity index (χ0v) is 11.9. The van der Waals surface area contributed by atoms with Gasteiger partial charge >= 0.3 is 0 Å². The first-order valence-corrected chi connectivity index (χ1v) is 7.32. The van der Waals surface area contributed by atoms with Crippen LogP contribution in [-0.4, -0.2) is 41.0 Å². The Bertz CT molecular complexity index is 291. The Morgan fingerprint density at radius 3 is 2.28 bits per heavy atom. The highest BCUT2D eigenvalue weighted by Crippen LogP contribution is 2.34. The maximum absolute atomic E-state index is 12.2. The molecule has 3 atom stereocenters. The van der Waals surface area contributed by atoms with Crippen LogP contribution in [-0.2, 0) is 4.79 Å². The number of nitrogens with one attached hydrogen (secondary N) is 1. The van der Waals surface area contributed by atoms with Crippen molar-refractivity contribution in [3.63, 3.8) is 0 Å². The summed E-state index contributed by atoms with van der Waals surface area (Å²) in [6.45, 7) is 6.06. The number of nitrogens with zero attached hydrogens (tertiary/aromatic N) is 1. The number of rotatable bonds is 3. The van der Waals surface area contributed by atoms with Crippen LogP contribution in [0.15, 0.2) is 0 Å². The number of piperidine rings is 2. The molecule has 2 aliphatic rings. The standard InChI is InChI=1S/C14H27N3O/c1-9(2)16-14(18)10(3)17-12-5-4-6-13(17)8-11(15)7-12/h9-13H,4-8,15H2,1-3H3,(H,16,18). The van der Waals surface area contributed by atoms with E-state index < -0.39 is 0 Å². The van der Waals surface area contributed by atoms with Gasteiger partial charge in [-0.05, 0) is 46.5 Å². The van der Waals surface area contributed by atoms with Crippen molar-refractivity contribution in [2.45, 2.75) is 83.1 Å². The van der Waals surface area contributed by atoms with Crippen LogP contribution in [0.5, 0.6) is 0 Å². The van der Waals surface area contributed by atoms with Gasteiger partial charge in [0.15, 0.2) is 0 Å². The van der Waals surface area contributed by atoms with E-state index in [4.69, 9.17) is 5.73 Å². The summed E-state index contributed by atoms with van der Waals surface area (Å²) in [4.78, 5) is 14.6. The number of hydrogen-bond donors (Lipinski definition) is 2. The van der Waals surface area contributed by atoms with E-state index in [0.29, 0.717) is 18.1 Å². The summed E-state index contributed by atoms with van der Waals surface area (Å²) in [5.41, 5.74) is 6.12. The van der Waals surface area contributed by atoms with Crippen molar-refractivity contribution in [2.24, 2.45) is 5.73 Å². The van der Waals surface area contributed by atoms with E-state index in [2.05, 4.69) is 10.2 Å². The third-order valence-corrected chi connectivity index (χ3v) is 4.33. The molecule has 4 nitrogen and oxygen atoms in total. The van der Waals surface area contributed by atoms with Gasteiger partial charge in [0.25, 0.3) is 0 Å². The Morgan fingerprint density at radius 2 is 1.78 bits per heavy atom. The molecule has 2 saturated heterocycles. The van der Waals surface area contributed by atoms with Crippen molar-refractivity contribution in [3.05, 3.63) is 0 Å². The van der Waals surface area contributed by atoms with Gasteiger partial charge in [-0.2, -0.15) is 0 Å². The second-order valence-electron chi connectivity index (χ2n) is 6.26. The lowest BCUT2D eigenvalue weighted by Gasteiger charge is -2.50. The molecule has 0 aromatic carbocycles. The van der Waals surface area contributed by atoms with E-state index in [1.807, 2.05) is 20.8 Å². The molecule has 18 heavy (non-hydrogen) atoms. The fraction of sp³-hybridized carbons (Fsp3) is 0.929. The molecule has 0 saturated carbocycles. The summed E-state index contributed by atoms with van der Waals surface area (Å²) in [6, 6.07) is 1.56. The van der Waals surface area contributed by atoms with Crippen molar-refractivity contribution < 1.29 is 4.79 Å². The summed E-state index contributed by atoms with van der Waals surface area (Å²) < 4.78 is 0. The highest BCUT2D eigenvalue weighted by molar-refractivity contribution is 5.81. The average molecular weight is 253 g/mol. The SMILES string of the molecule is CC(C)NC(=O)C(C)N1C2CCCC1CC(N)C2. The monoisotopic (exact) mass is 253 g/mol. The largest absolute Gasteiger partial charge is 0.353 e. The molecule has 3 N–H and O–H groups in total. The molecule has 1 amide bonds. The number of carbonyl (C=O) groups is 1. The first-order valence-electron chi connectivity index (χ1n) is 7.32. The summed E-state index contributed by atoms with van der Waals surface area (Å²) in [7, 11) is 0. The quantitative estimate of drug-likeness (QED) is 0.795. The van der Waals surface area contributed by atoms with E-state index in [1.165, 1.54) is 19.3 Å². The maximum atomic E-state index is 12.2. The molecule has 4 heteroatoms. The molecule has 2 rings (SSSR count). The Balaban J connectivity index is 2.04. The van der Waals surface area contributed by atoms with Crippen molar-refractivity contribution in [1.82, 2.24) is 10.2 Å². The number of hydrogen-bond acceptors (Lipinski definition) is 3. The van der Waals surface area contributed by atoms with Gasteiger partial charge < -0.3 is 11.1 Å². The lowest BCUT2D eigenvalue weighted by atomic mass is 9.81. The van der Waals surface area contributed by atoms with Crippen LogP contribution >= 0.6 is 0 Å². The normalized spacial score (nSPS) is 34.4. The Hall–Kier alpha value is -0.610. The first kappa shape index (κ1) is 13.8. The molecule has 0 aromatic rings. The fourth-order valence-corrected chi connectivity index (χ4v) is 3.63. The van der Waals surface area contributed by atoms with Crippen LogP contribution < -0.4 is 11.1 Å². The molecular formula is C14H27N3O. The van der Waals surface area contributed by atoms with E-state index in [1.54, 1.807) is 0 Å². The second kappa shape index (κ2) is 5.57. The van der Waals surface area contributed by atoms with Gasteiger partial charge in [-0.1, -0.05) is 6.42 Å². The number of amides is 1. The molecule has 0 spiro atoms. The fourth-order valence-electron chi connectivity index (χ4n) is 3.63. The predicted octanol–water partition coefficient (Wildman–Crippen LogP) is 1.24. The van der Waals surface area contributed by atoms with Crippen LogP contribution in [0.25, 0.3) is 0 Å². The molecule has 2 fully saturated rings. The third kappa shape index (κ3) is 2.86. The van der Waals surface area contributed by atoms with Crippen LogP contribution in [0.4, 0.5) is 0 Å². The maximum Gasteiger partial charge on any atom is 0.237 e. The third-order valence-electron chi connectivity index (χ3n) is 4.33. The van der Waals surface area contributed by atoms with Crippen molar-refractivity contribution in [1.29, 1.82) is 0 Å². The minimum Gasteiger partial charge on any atom is -0.353 e. The molecule has 0 aliphatic carbocycles. The van der Waals surface area contributed by atoms with Crippen LogP contribution in [0.2, 0.25) is 0 Å². The molecular weight excluding hydrogens is 226 g/mol. The van der Waals surface area contributed by atoms with Gasteiger partial charge in [0.2, 0.25) is 5.91 Å². The summed E-state index contributed by atoms with van der Waals surface area (Å²) in [5.74, 6) is 0.164. The average Bonchev–Trinajstić information content (AvgIpc) is 2.25. The topological polar surface area (TPSA) is 58.4 Å². The smallest absolute Gasteiger partial charge is 0.237 e. The van der Waals surface area contributed by atoms with Gasteiger partial charge in [-0.3, -0.25) is 9.69 Å². The minimum atomic E-state index is -0.0183. The Morgan fingerprint density at radius 1 is 1.22 bits per heavy atom. The van der Waals surface area contributed by atoms with E-state index in [9.17, 15) is 4.79 Å². The van der Waals surface area contributed by atoms with Crippen molar-refractivity contribution in [3.8, 4) is 0 Å². The van der Waals surface area contributed by atoms with Gasteiger partial charge in [0, 0.05) is 24.2 Å². The molecule has 2 heterocycles. The van der Waals surface area contributed by atoms with Gasteiger partial charge in [0.05, 0.1) is 6.04 Å². The van der Waals surface area contributed by atoms with Gasteiger partial charge in [0.1, 0.15) is 0 Å². The molecule has 104 valence electrons. The van der Waals surface area contributed by atoms with Crippen molar-refractivity contribution >= 4 is 5.91 Å². The van der Waals surface area contributed by atoms with E-state index in [-0.39, 0.29) is 18.0 Å². The molecule has 2 aliphatic heterocycles. The molecule has 0 radical (unpaired) electrons. The first-order chi connectivity index (χ1) is 8.49. The zero-order valence-electron chi connectivity index (χ0n) is 11.9. The van der Waals surface area contributed by atoms with Gasteiger partial charge in [-0.25, -0.2) is 0 Å². The number of carbonyl (C=O) groups excluding carboxylic acids is 1. The van der Waals surface area contributed by atoms with E-state index >= 15 is 0 Å². The van der Waals surface area contributed by atoms with Gasteiger partial charge in [-0.15, -0.1) is 0 Å². The number of nitrogens with two attached hydrogens (primary N) is 1. The van der Waals surface area contributed by atoms with Crippen molar-refractivity contribution in [2.75, 3.05) is 0 Å². The Labute approximate surface area is 110 Å². The summed E-state index contributed by atoms with van der Waals surface area (Å²) >= 11 is 0. The highest BCUT2D eigenvalue weighted by atomic mass is 16.2. The molecule has 2 bridgehead atoms. The predicted molar refractivity (Wildman–Crippen MR) is 73.2 cm³/mol. The minimum absolute atomic E-state index is 0.0183. The Kier molecular flexibility index (Phi) is 4.28. The lowest BCUT2D eigenvalue weighted by Crippen LogP contribution is -2.61. The van der Waals surface area contributed by atoms with Crippen LogP contribution in [0.1, 0.15) is 52.9 Å². The zero-order chi connectivity index (χ0) is 13.3. The lowest BCUT2D eigenvalue weighted by molar-refractivity contribution is -0.131. The van der Waals surface area contributed by atoms with Crippen LogP contribution in [0.3, 0.4) is 0 Å².